The first-order chi connectivity index (χ1) is 40.9. The van der Waals surface area contributed by atoms with Gasteiger partial charge in [0.25, 0.3) is 0 Å². The molecule has 4 nitrogen and oxygen atoms in total. The lowest BCUT2D eigenvalue weighted by atomic mass is 9.66. The van der Waals surface area contributed by atoms with E-state index < -0.39 is 5.41 Å². The summed E-state index contributed by atoms with van der Waals surface area (Å²) in [6, 6.07) is 51.4. The molecule has 0 amide bonds. The predicted molar refractivity (Wildman–Crippen MR) is 367 cm³/mol. The molecule has 442 valence electrons. The molecular weight excluding hydrogens is 1130 g/mol. The Labute approximate surface area is 523 Å². The highest BCUT2D eigenvalue weighted by Crippen LogP contribution is 2.59. The van der Waals surface area contributed by atoms with E-state index >= 15 is 0 Å². The average molecular weight is 1210 g/mol. The van der Waals surface area contributed by atoms with Gasteiger partial charge in [0, 0.05) is 62.0 Å². The lowest BCUT2D eigenvalue weighted by Gasteiger charge is -2.35. The van der Waals surface area contributed by atoms with Crippen LogP contribution in [0.3, 0.4) is 0 Å². The van der Waals surface area contributed by atoms with Crippen molar-refractivity contribution in [3.8, 4) is 72.1 Å². The van der Waals surface area contributed by atoms with E-state index in [2.05, 4.69) is 200 Å². The van der Waals surface area contributed by atoms with Crippen LogP contribution in [0.25, 0.3) is 60.6 Å². The van der Waals surface area contributed by atoms with Gasteiger partial charge < -0.3 is 18.9 Å². The Morgan fingerprint density at radius 2 is 0.845 bits per heavy atom. The van der Waals surface area contributed by atoms with Gasteiger partial charge in [0.15, 0.2) is 0 Å². The van der Waals surface area contributed by atoms with Crippen molar-refractivity contribution in [3.05, 3.63) is 177 Å². The van der Waals surface area contributed by atoms with Crippen LogP contribution in [0, 0.1) is 0 Å². The Hall–Kier alpha value is -5.10. The maximum Gasteiger partial charge on any atom is 0.119 e. The van der Waals surface area contributed by atoms with Crippen LogP contribution in [0.1, 0.15) is 177 Å². The van der Waals surface area contributed by atoms with Crippen LogP contribution in [0.2, 0.25) is 0 Å². The molecule has 0 atom stereocenters. The van der Waals surface area contributed by atoms with E-state index in [4.69, 9.17) is 18.9 Å². The first-order valence-electron chi connectivity index (χ1n) is 31.3. The molecule has 1 aliphatic rings. The van der Waals surface area contributed by atoms with Crippen molar-refractivity contribution in [2.24, 2.45) is 0 Å². The first-order valence-corrected chi connectivity index (χ1v) is 35.4. The smallest absolute Gasteiger partial charge is 0.119 e. The van der Waals surface area contributed by atoms with Gasteiger partial charge in [0.1, 0.15) is 24.7 Å². The van der Waals surface area contributed by atoms with Gasteiger partial charge in [-0.3, -0.25) is 0 Å². The SMILES string of the molecule is CCCCCCc1c(-c2ccc(-c3ccc(-c4ccc5c(c4)C(c4ccc(OCCOCC)cc4)(c4ccc(OCCOCC)cc4)c4cc(C(C)(C)CC)ccc4-5)s3)s2)sc(-c2ccc(-c3ccc(C(C)(C)CC)s3)s2)c1CCCCCC. The molecule has 84 heavy (non-hydrogen) atoms. The molecule has 1 aliphatic carbocycles. The summed E-state index contributed by atoms with van der Waals surface area (Å²) >= 11 is 9.95. The molecule has 0 fully saturated rings. The minimum absolute atomic E-state index is 0.0141. The van der Waals surface area contributed by atoms with Crippen molar-refractivity contribution in [3.63, 3.8) is 0 Å². The molecule has 0 spiro atoms. The van der Waals surface area contributed by atoms with Crippen LogP contribution in [-0.2, 0) is 38.6 Å². The molecule has 0 bridgehead atoms. The lowest BCUT2D eigenvalue weighted by molar-refractivity contribution is 0.110. The van der Waals surface area contributed by atoms with Crippen molar-refractivity contribution in [2.75, 3.05) is 39.6 Å². The van der Waals surface area contributed by atoms with Crippen molar-refractivity contribution in [1.82, 2.24) is 0 Å². The second-order valence-electron chi connectivity index (χ2n) is 23.9. The normalized spacial score (nSPS) is 13.0. The summed E-state index contributed by atoms with van der Waals surface area (Å²) in [4.78, 5) is 14.0. The summed E-state index contributed by atoms with van der Waals surface area (Å²) in [5.74, 6) is 1.67. The van der Waals surface area contributed by atoms with Crippen LogP contribution >= 0.6 is 56.7 Å². The van der Waals surface area contributed by atoms with Crippen molar-refractivity contribution in [1.29, 1.82) is 0 Å². The number of hydrogen-bond acceptors (Lipinski definition) is 9. The summed E-state index contributed by atoms with van der Waals surface area (Å²) in [6.45, 7) is 26.3. The Morgan fingerprint density at radius 3 is 1.35 bits per heavy atom. The Bertz CT molecular complexity index is 3500. The number of rotatable bonds is 31. The molecule has 0 saturated carbocycles. The van der Waals surface area contributed by atoms with Gasteiger partial charge in [-0.15, -0.1) is 56.7 Å². The third kappa shape index (κ3) is 13.2. The maximum absolute atomic E-state index is 6.25. The second-order valence-corrected chi connectivity index (χ2v) is 29.2. The molecule has 5 aromatic heterocycles. The lowest BCUT2D eigenvalue weighted by Crippen LogP contribution is -2.29. The second kappa shape index (κ2) is 28.2. The fraction of sp³-hybridized carbons (Fsp3) is 0.413. The number of hydrogen-bond donors (Lipinski definition) is 0. The molecule has 5 heterocycles. The Balaban J connectivity index is 1.04. The van der Waals surface area contributed by atoms with Gasteiger partial charge in [0.05, 0.1) is 18.6 Å². The quantitative estimate of drug-likeness (QED) is 0.0406. The summed E-state index contributed by atoms with van der Waals surface area (Å²) in [7, 11) is 0. The zero-order valence-corrected chi connectivity index (χ0v) is 55.7. The summed E-state index contributed by atoms with van der Waals surface area (Å²) in [5, 5.41) is 0. The molecular formula is C75H88O4S5. The average Bonchev–Trinajstić information content (AvgIpc) is 1.55. The van der Waals surface area contributed by atoms with Crippen molar-refractivity contribution >= 4 is 56.7 Å². The minimum atomic E-state index is -0.635. The van der Waals surface area contributed by atoms with E-state index in [-0.39, 0.29) is 10.8 Å². The predicted octanol–water partition coefficient (Wildman–Crippen LogP) is 23.1. The van der Waals surface area contributed by atoms with Crippen LogP contribution in [0.4, 0.5) is 0 Å². The third-order valence-electron chi connectivity index (χ3n) is 17.6. The van der Waals surface area contributed by atoms with Gasteiger partial charge >= 0.3 is 0 Å². The highest BCUT2D eigenvalue weighted by Gasteiger charge is 2.47. The van der Waals surface area contributed by atoms with Crippen LogP contribution in [-0.4, -0.2) is 39.6 Å². The van der Waals surface area contributed by atoms with Crippen LogP contribution in [0.5, 0.6) is 11.5 Å². The van der Waals surface area contributed by atoms with Crippen molar-refractivity contribution < 1.29 is 18.9 Å². The number of thiophene rings is 5. The van der Waals surface area contributed by atoms with Gasteiger partial charge in [-0.25, -0.2) is 0 Å². The van der Waals surface area contributed by atoms with E-state index in [0.29, 0.717) is 39.6 Å². The fourth-order valence-electron chi connectivity index (χ4n) is 11.9. The van der Waals surface area contributed by atoms with Gasteiger partial charge in [0.2, 0.25) is 0 Å². The molecule has 0 N–H and O–H groups in total. The summed E-state index contributed by atoms with van der Waals surface area (Å²) < 4.78 is 23.8. The zero-order chi connectivity index (χ0) is 58.8. The van der Waals surface area contributed by atoms with E-state index in [9.17, 15) is 0 Å². The molecule has 9 aromatic rings. The number of ether oxygens (including phenoxy) is 4. The maximum atomic E-state index is 6.25. The van der Waals surface area contributed by atoms with Crippen LogP contribution in [0.15, 0.2) is 133 Å². The van der Waals surface area contributed by atoms with E-state index in [1.807, 2.05) is 59.2 Å². The van der Waals surface area contributed by atoms with E-state index in [1.54, 1.807) is 11.1 Å². The van der Waals surface area contributed by atoms with Gasteiger partial charge in [-0.1, -0.05) is 149 Å². The Kier molecular flexibility index (Phi) is 20.8. The Morgan fingerprint density at radius 1 is 0.393 bits per heavy atom. The van der Waals surface area contributed by atoms with E-state index in [0.717, 1.165) is 37.2 Å². The topological polar surface area (TPSA) is 36.9 Å². The molecule has 0 saturated heterocycles. The first kappa shape index (κ1) is 62.0. The highest BCUT2D eigenvalue weighted by molar-refractivity contribution is 7.30. The molecule has 9 heteroatoms. The molecule has 0 aliphatic heterocycles. The van der Waals surface area contributed by atoms with Gasteiger partial charge in [-0.05, 0) is 198 Å². The molecule has 0 unspecified atom stereocenters. The van der Waals surface area contributed by atoms with Gasteiger partial charge in [-0.2, -0.15) is 0 Å². The monoisotopic (exact) mass is 1210 g/mol. The standard InChI is InChI=1S/C75H88O4S5/c1-11-17-19-21-23-59-60(24-22-20-18-12-2)72(69-42-40-66(82-69)67-43-44-70(83-67)74(9,10)14-4)84-71(59)68-41-39-65(81-68)64-38-37-63(80-64)51-25-35-57-58-36-30-54(73(7,8)13-3)50-62(58)75(61(57)49-51,52-26-31-55(32-27-52)78-47-45-76-15-5)53-28-33-56(34-29-53)79-48-46-77-16-6/h25-44,49-50H,11-24,45-48H2,1-10H3. The largest absolute Gasteiger partial charge is 0.491 e. The zero-order valence-electron chi connectivity index (χ0n) is 51.6. The molecule has 0 radical (unpaired) electrons. The fourth-order valence-corrected chi connectivity index (χ4v) is 18.0. The van der Waals surface area contributed by atoms with E-state index in [1.165, 1.54) is 145 Å². The van der Waals surface area contributed by atoms with Crippen LogP contribution < -0.4 is 9.47 Å². The third-order valence-corrected chi connectivity index (χ3v) is 24.4. The summed E-state index contributed by atoms with van der Waals surface area (Å²) in [6.07, 6.45) is 14.6. The minimum Gasteiger partial charge on any atom is -0.491 e. The highest BCUT2D eigenvalue weighted by atomic mass is 32.1. The number of unbranched alkanes of at least 4 members (excludes halogenated alkanes) is 6. The number of benzene rings is 4. The summed E-state index contributed by atoms with van der Waals surface area (Å²) in [5.41, 5.74) is 12.9. The number of fused-ring (bicyclic) bond motifs is 3. The van der Waals surface area contributed by atoms with Crippen molar-refractivity contribution in [2.45, 2.75) is 163 Å². The molecule has 10 rings (SSSR count). The molecule has 4 aromatic carbocycles.